The summed E-state index contributed by atoms with van der Waals surface area (Å²) >= 11 is 0. The maximum absolute atomic E-state index is 13.4. The lowest BCUT2D eigenvalue weighted by atomic mass is 10.3. The first-order valence-electron chi connectivity index (χ1n) is 9.24. The topological polar surface area (TPSA) is 90.9 Å². The van der Waals surface area contributed by atoms with Gasteiger partial charge < -0.3 is 4.90 Å². The Kier molecular flexibility index (Phi) is 3.98. The fraction of sp³-hybridized carbons (Fsp3) is 0.250. The van der Waals surface area contributed by atoms with Crippen LogP contribution in [0.5, 0.6) is 0 Å². The van der Waals surface area contributed by atoms with Crippen molar-refractivity contribution in [1.82, 2.24) is 19.7 Å². The van der Waals surface area contributed by atoms with Gasteiger partial charge in [-0.15, -0.1) is 0 Å². The Morgan fingerprint density at radius 2 is 2.10 bits per heavy atom. The van der Waals surface area contributed by atoms with Gasteiger partial charge in [0.15, 0.2) is 0 Å². The highest BCUT2D eigenvalue weighted by Crippen LogP contribution is 2.28. The number of amides is 1. The van der Waals surface area contributed by atoms with Gasteiger partial charge in [0.2, 0.25) is 0 Å². The molecule has 3 aromatic heterocycles. The second-order valence-corrected chi connectivity index (χ2v) is 7.05. The zero-order valence-electron chi connectivity index (χ0n) is 15.4. The minimum Gasteiger partial charge on any atom is -0.354 e. The van der Waals surface area contributed by atoms with E-state index in [1.165, 1.54) is 11.1 Å². The van der Waals surface area contributed by atoms with E-state index in [9.17, 15) is 9.18 Å². The second kappa shape index (κ2) is 6.67. The molecule has 29 heavy (non-hydrogen) atoms. The van der Waals surface area contributed by atoms with E-state index in [0.29, 0.717) is 48.7 Å². The molecule has 1 fully saturated rings. The zero-order valence-corrected chi connectivity index (χ0v) is 15.4. The average Bonchev–Trinajstić information content (AvgIpc) is 3.44. The van der Waals surface area contributed by atoms with Gasteiger partial charge in [0.05, 0.1) is 47.9 Å². The third-order valence-electron chi connectivity index (χ3n) is 5.18. The summed E-state index contributed by atoms with van der Waals surface area (Å²) in [5.74, 6) is 0.963. The standard InChI is InChI=1S/C20H16FN7O/c21-14-4-6-26(10-14)18-2-1-15(9-24-18)28-11-16-17(25-28)12-27(20(16)29)19-7-13(8-22)3-5-23-19/h1-3,5,7,9,11,14H,4,6,10,12H2/t14-/m1/s1. The lowest BCUT2D eigenvalue weighted by Crippen LogP contribution is -2.25. The van der Waals surface area contributed by atoms with Gasteiger partial charge in [-0.3, -0.25) is 9.69 Å². The summed E-state index contributed by atoms with van der Waals surface area (Å²) < 4.78 is 15.0. The van der Waals surface area contributed by atoms with E-state index >= 15 is 0 Å². The van der Waals surface area contributed by atoms with Gasteiger partial charge in [-0.1, -0.05) is 0 Å². The van der Waals surface area contributed by atoms with Crippen molar-refractivity contribution in [1.29, 1.82) is 5.26 Å². The van der Waals surface area contributed by atoms with E-state index in [1.807, 2.05) is 23.1 Å². The van der Waals surface area contributed by atoms with Gasteiger partial charge in [0.1, 0.15) is 17.8 Å². The fourth-order valence-corrected chi connectivity index (χ4v) is 3.65. The first-order valence-corrected chi connectivity index (χ1v) is 9.24. The normalized spacial score (nSPS) is 18.2. The smallest absolute Gasteiger partial charge is 0.263 e. The van der Waals surface area contributed by atoms with E-state index in [4.69, 9.17) is 5.26 Å². The Morgan fingerprint density at radius 3 is 2.79 bits per heavy atom. The van der Waals surface area contributed by atoms with Crippen LogP contribution < -0.4 is 9.80 Å². The number of halogens is 1. The third-order valence-corrected chi connectivity index (χ3v) is 5.18. The summed E-state index contributed by atoms with van der Waals surface area (Å²) in [6.07, 6.45) is 4.58. The number of rotatable bonds is 3. The molecule has 5 heterocycles. The van der Waals surface area contributed by atoms with E-state index in [0.717, 1.165) is 11.5 Å². The van der Waals surface area contributed by atoms with Crippen molar-refractivity contribution >= 4 is 17.5 Å². The van der Waals surface area contributed by atoms with Crippen LogP contribution in [-0.2, 0) is 6.54 Å². The molecule has 1 atom stereocenters. The number of carbonyl (C=O) groups is 1. The fourth-order valence-electron chi connectivity index (χ4n) is 3.65. The van der Waals surface area contributed by atoms with Crippen LogP contribution in [0.3, 0.4) is 0 Å². The van der Waals surface area contributed by atoms with Gasteiger partial charge in [-0.2, -0.15) is 10.4 Å². The van der Waals surface area contributed by atoms with E-state index in [-0.39, 0.29) is 5.91 Å². The van der Waals surface area contributed by atoms with Crippen molar-refractivity contribution in [2.75, 3.05) is 22.9 Å². The Morgan fingerprint density at radius 1 is 1.21 bits per heavy atom. The van der Waals surface area contributed by atoms with Crippen molar-refractivity contribution in [2.45, 2.75) is 19.1 Å². The van der Waals surface area contributed by atoms with Crippen LogP contribution in [0.4, 0.5) is 16.0 Å². The highest BCUT2D eigenvalue weighted by Gasteiger charge is 2.33. The molecule has 8 nitrogen and oxygen atoms in total. The number of carbonyl (C=O) groups excluding carboxylic acids is 1. The first kappa shape index (κ1) is 17.3. The molecule has 0 unspecified atom stereocenters. The molecule has 5 rings (SSSR count). The molecule has 0 radical (unpaired) electrons. The van der Waals surface area contributed by atoms with E-state index in [1.54, 1.807) is 29.2 Å². The van der Waals surface area contributed by atoms with Crippen LogP contribution >= 0.6 is 0 Å². The van der Waals surface area contributed by atoms with Crippen molar-refractivity contribution < 1.29 is 9.18 Å². The van der Waals surface area contributed by atoms with Crippen LogP contribution in [0.1, 0.15) is 28.0 Å². The lowest BCUT2D eigenvalue weighted by Gasteiger charge is -2.16. The van der Waals surface area contributed by atoms with Crippen molar-refractivity contribution in [3.8, 4) is 11.8 Å². The highest BCUT2D eigenvalue weighted by atomic mass is 19.1. The minimum atomic E-state index is -0.803. The van der Waals surface area contributed by atoms with Crippen LogP contribution in [-0.4, -0.2) is 44.9 Å². The van der Waals surface area contributed by atoms with E-state index < -0.39 is 6.17 Å². The number of hydrogen-bond acceptors (Lipinski definition) is 6. The molecule has 0 saturated carbocycles. The summed E-state index contributed by atoms with van der Waals surface area (Å²) in [6.45, 7) is 1.32. The second-order valence-electron chi connectivity index (χ2n) is 7.05. The number of hydrogen-bond donors (Lipinski definition) is 0. The number of alkyl halides is 1. The molecule has 2 aliphatic heterocycles. The predicted molar refractivity (Wildman–Crippen MR) is 103 cm³/mol. The van der Waals surface area contributed by atoms with Crippen molar-refractivity contribution in [3.05, 3.63) is 59.7 Å². The Hall–Kier alpha value is -3.80. The summed E-state index contributed by atoms with van der Waals surface area (Å²) in [5.41, 5.74) is 2.31. The number of anilines is 2. The molecule has 144 valence electrons. The summed E-state index contributed by atoms with van der Waals surface area (Å²) in [7, 11) is 0. The molecule has 0 aromatic carbocycles. The minimum absolute atomic E-state index is 0.204. The number of nitriles is 1. The van der Waals surface area contributed by atoms with Crippen LogP contribution in [0, 0.1) is 11.3 Å². The molecule has 0 N–H and O–H groups in total. The number of fused-ring (bicyclic) bond motifs is 1. The molecular formula is C20H16FN7O. The molecule has 9 heteroatoms. The van der Waals surface area contributed by atoms with E-state index in [2.05, 4.69) is 15.1 Å². The first-order chi connectivity index (χ1) is 14.1. The van der Waals surface area contributed by atoms with Gasteiger partial charge >= 0.3 is 0 Å². The van der Waals surface area contributed by atoms with Crippen LogP contribution in [0.25, 0.3) is 5.69 Å². The largest absolute Gasteiger partial charge is 0.354 e. The molecule has 3 aromatic rings. The third kappa shape index (κ3) is 2.99. The summed E-state index contributed by atoms with van der Waals surface area (Å²) in [6, 6.07) is 8.92. The zero-order chi connectivity index (χ0) is 20.0. The molecule has 0 spiro atoms. The maximum atomic E-state index is 13.4. The molecule has 0 bridgehead atoms. The van der Waals surface area contributed by atoms with Crippen LogP contribution in [0.2, 0.25) is 0 Å². The number of pyridine rings is 2. The van der Waals surface area contributed by atoms with Gasteiger partial charge in [-0.25, -0.2) is 19.0 Å². The van der Waals surface area contributed by atoms with Gasteiger partial charge in [0.25, 0.3) is 5.91 Å². The number of nitrogens with zero attached hydrogens (tertiary/aromatic N) is 7. The summed E-state index contributed by atoms with van der Waals surface area (Å²) in [5, 5.41) is 13.6. The molecule has 1 amide bonds. The predicted octanol–water partition coefficient (Wildman–Crippen LogP) is 2.24. The van der Waals surface area contributed by atoms with Crippen LogP contribution in [0.15, 0.2) is 42.9 Å². The number of aromatic nitrogens is 4. The summed E-state index contributed by atoms with van der Waals surface area (Å²) in [4.78, 5) is 24.8. The van der Waals surface area contributed by atoms with Crippen molar-refractivity contribution in [3.63, 3.8) is 0 Å². The molecular weight excluding hydrogens is 373 g/mol. The van der Waals surface area contributed by atoms with Gasteiger partial charge in [0, 0.05) is 18.9 Å². The monoisotopic (exact) mass is 389 g/mol. The molecule has 1 saturated heterocycles. The SMILES string of the molecule is N#Cc1ccnc(N2Cc3nn(-c4ccc(N5CC[C@@H](F)C5)nc4)cc3C2=O)c1. The highest BCUT2D eigenvalue weighted by molar-refractivity contribution is 6.09. The maximum Gasteiger partial charge on any atom is 0.263 e. The Balaban J connectivity index is 1.37. The van der Waals surface area contributed by atoms with Gasteiger partial charge in [-0.05, 0) is 30.7 Å². The molecule has 0 aliphatic carbocycles. The molecule has 2 aliphatic rings. The average molecular weight is 389 g/mol. The quantitative estimate of drug-likeness (QED) is 0.682. The van der Waals surface area contributed by atoms with Crippen molar-refractivity contribution in [2.24, 2.45) is 0 Å². The lowest BCUT2D eigenvalue weighted by molar-refractivity contribution is 0.0995. The Labute approximate surface area is 165 Å². The Bertz CT molecular complexity index is 1130.